The van der Waals surface area contributed by atoms with Crippen LogP contribution in [0.15, 0.2) is 58.1 Å². The number of halogens is 1. The third-order valence-corrected chi connectivity index (χ3v) is 7.37. The van der Waals surface area contributed by atoms with Crippen molar-refractivity contribution < 1.29 is 23.4 Å². The van der Waals surface area contributed by atoms with Crippen LogP contribution in [0.4, 0.5) is 10.1 Å². The molecule has 2 bridgehead atoms. The maximum absolute atomic E-state index is 14.7. The van der Waals surface area contributed by atoms with E-state index >= 15 is 0 Å². The molecule has 3 N–H and O–H groups in total. The number of benzene rings is 2. The van der Waals surface area contributed by atoms with Crippen molar-refractivity contribution in [2.24, 2.45) is 10.4 Å². The van der Waals surface area contributed by atoms with Gasteiger partial charge in [0, 0.05) is 17.7 Å². The largest absolute Gasteiger partial charge is 0.495 e. The standard InChI is InChI=1S/C29H26FN5O4/c1-28(2,3)24-25(37)33-21(26-32-17(13-31)14-38-26)12-29-18-11-16(30)6-7-20(18)34-27(29)39-22-8-4-15(10-19(22)29)5-9-23(36)35-24/h4,6-8,10-12,14,24,27,34H,5,9H2,1-3H3,(H,33,37)(H,35,36)/b21-12+. The van der Waals surface area contributed by atoms with E-state index < -0.39 is 28.9 Å². The van der Waals surface area contributed by atoms with Gasteiger partial charge in [-0.05, 0) is 53.3 Å². The van der Waals surface area contributed by atoms with Crippen LogP contribution in [0.1, 0.15) is 55.5 Å². The molecule has 3 aliphatic heterocycles. The van der Waals surface area contributed by atoms with Gasteiger partial charge in [0.2, 0.25) is 17.7 Å². The van der Waals surface area contributed by atoms with Crippen LogP contribution in [0, 0.1) is 22.6 Å². The zero-order valence-corrected chi connectivity index (χ0v) is 21.6. The van der Waals surface area contributed by atoms with Crippen LogP contribution in [-0.2, 0) is 16.6 Å². The number of aromatic nitrogens is 1. The van der Waals surface area contributed by atoms with Crippen molar-refractivity contribution >= 4 is 23.2 Å². The third kappa shape index (κ3) is 4.02. The van der Waals surface area contributed by atoms with Gasteiger partial charge < -0.3 is 24.9 Å². The number of aliphatic hydroxyl groups is 1. The van der Waals surface area contributed by atoms with E-state index in [2.05, 4.69) is 20.6 Å². The van der Waals surface area contributed by atoms with Gasteiger partial charge in [-0.15, -0.1) is 0 Å². The second kappa shape index (κ2) is 8.70. The highest BCUT2D eigenvalue weighted by atomic mass is 19.1. The highest BCUT2D eigenvalue weighted by Crippen LogP contribution is 2.56. The van der Waals surface area contributed by atoms with Crippen molar-refractivity contribution in [3.8, 4) is 11.8 Å². The molecular formula is C29H26FN5O4. The summed E-state index contributed by atoms with van der Waals surface area (Å²) in [6, 6.07) is 11.3. The van der Waals surface area contributed by atoms with Gasteiger partial charge in [-0.3, -0.25) is 4.79 Å². The number of carbonyl (C=O) groups excluding carboxylic acids is 1. The first-order valence-corrected chi connectivity index (χ1v) is 12.6. The van der Waals surface area contributed by atoms with Crippen molar-refractivity contribution in [2.45, 2.75) is 51.3 Å². The van der Waals surface area contributed by atoms with E-state index in [0.717, 1.165) is 11.1 Å². The first-order valence-electron chi connectivity index (χ1n) is 12.6. The third-order valence-electron chi connectivity index (χ3n) is 7.37. The average molecular weight is 528 g/mol. The van der Waals surface area contributed by atoms with Gasteiger partial charge >= 0.3 is 0 Å². The average Bonchev–Trinajstić information content (AvgIpc) is 3.56. The molecule has 198 valence electrons. The number of ether oxygens (including phenoxy) is 1. The van der Waals surface area contributed by atoms with Crippen LogP contribution in [0.5, 0.6) is 5.75 Å². The van der Waals surface area contributed by atoms with Crippen LogP contribution in [-0.4, -0.2) is 34.2 Å². The molecule has 6 rings (SSSR count). The predicted molar refractivity (Wildman–Crippen MR) is 141 cm³/mol. The molecule has 2 aromatic carbocycles. The zero-order chi connectivity index (χ0) is 27.5. The van der Waals surface area contributed by atoms with E-state index in [9.17, 15) is 19.6 Å². The normalized spacial score (nSPS) is 26.5. The van der Waals surface area contributed by atoms with Gasteiger partial charge in [0.1, 0.15) is 41.1 Å². The minimum atomic E-state index is -1.09. The number of rotatable bonds is 1. The Morgan fingerprint density at radius 1 is 1.15 bits per heavy atom. The number of nitriles is 1. The number of nitrogens with one attached hydrogen (secondary N) is 2. The smallest absolute Gasteiger partial charge is 0.246 e. The number of fused-ring (bicyclic) bond motifs is 2. The molecule has 0 aliphatic carbocycles. The predicted octanol–water partition coefficient (Wildman–Crippen LogP) is 4.59. The molecular weight excluding hydrogens is 501 g/mol. The molecule has 1 aromatic heterocycles. The van der Waals surface area contributed by atoms with Crippen molar-refractivity contribution in [2.75, 3.05) is 5.32 Å². The van der Waals surface area contributed by atoms with Crippen LogP contribution in [0.2, 0.25) is 0 Å². The first-order chi connectivity index (χ1) is 18.6. The lowest BCUT2D eigenvalue weighted by atomic mass is 9.74. The Hall–Kier alpha value is -4.65. The molecule has 0 fully saturated rings. The number of oxazole rings is 1. The number of anilines is 1. The first kappa shape index (κ1) is 24.7. The Balaban J connectivity index is 1.68. The van der Waals surface area contributed by atoms with Gasteiger partial charge in [0.05, 0.1) is 0 Å². The molecule has 9 nitrogen and oxygen atoms in total. The fourth-order valence-electron chi connectivity index (χ4n) is 5.45. The SMILES string of the molecule is CC(C)(C)C1NC(=O)CCc2ccc3c(c2)C2(/C=C(c4nc(C#N)co4)/N=C/1O)c1cc(F)ccc1NC2O3. The van der Waals surface area contributed by atoms with Gasteiger partial charge in [0.25, 0.3) is 0 Å². The molecule has 0 saturated carbocycles. The molecule has 0 saturated heterocycles. The van der Waals surface area contributed by atoms with Gasteiger partial charge in [0.15, 0.2) is 11.9 Å². The summed E-state index contributed by atoms with van der Waals surface area (Å²) in [6.45, 7) is 5.62. The highest BCUT2D eigenvalue weighted by Gasteiger charge is 2.55. The second-order valence-corrected chi connectivity index (χ2v) is 11.0. The lowest BCUT2D eigenvalue weighted by Crippen LogP contribution is -2.49. The maximum Gasteiger partial charge on any atom is 0.246 e. The van der Waals surface area contributed by atoms with Gasteiger partial charge in [-0.1, -0.05) is 32.9 Å². The Morgan fingerprint density at radius 2 is 1.97 bits per heavy atom. The lowest BCUT2D eigenvalue weighted by molar-refractivity contribution is -0.122. The Bertz CT molecular complexity index is 1610. The van der Waals surface area contributed by atoms with E-state index in [-0.39, 0.29) is 35.5 Å². The van der Waals surface area contributed by atoms with Gasteiger partial charge in [-0.25, -0.2) is 9.38 Å². The number of hydrogen-bond donors (Lipinski definition) is 3. The number of amides is 1. The number of hydrogen-bond acceptors (Lipinski definition) is 7. The van der Waals surface area contributed by atoms with Crippen LogP contribution < -0.4 is 15.4 Å². The van der Waals surface area contributed by atoms with Crippen LogP contribution in [0.3, 0.4) is 0 Å². The topological polar surface area (TPSA) is 133 Å². The number of nitrogens with zero attached hydrogens (tertiary/aromatic N) is 3. The summed E-state index contributed by atoms with van der Waals surface area (Å²) in [5, 5.41) is 26.9. The van der Waals surface area contributed by atoms with E-state index in [1.165, 1.54) is 18.4 Å². The van der Waals surface area contributed by atoms with E-state index in [1.807, 2.05) is 45.0 Å². The zero-order valence-electron chi connectivity index (χ0n) is 21.6. The number of carbonyl (C=O) groups is 1. The summed E-state index contributed by atoms with van der Waals surface area (Å²) in [5.41, 5.74) is 1.36. The Kier molecular flexibility index (Phi) is 5.50. The van der Waals surface area contributed by atoms with Crippen LogP contribution >= 0.6 is 0 Å². The van der Waals surface area contributed by atoms with Crippen molar-refractivity contribution in [1.29, 1.82) is 5.26 Å². The lowest BCUT2D eigenvalue weighted by Gasteiger charge is -2.30. The van der Waals surface area contributed by atoms with Crippen molar-refractivity contribution in [3.05, 3.63) is 82.8 Å². The molecule has 1 spiro atoms. The second-order valence-electron chi connectivity index (χ2n) is 11.0. The summed E-state index contributed by atoms with van der Waals surface area (Å²) >= 11 is 0. The van der Waals surface area contributed by atoms with E-state index in [0.29, 0.717) is 23.4 Å². The molecule has 3 unspecified atom stereocenters. The molecule has 10 heteroatoms. The molecule has 3 aliphatic rings. The monoisotopic (exact) mass is 527 g/mol. The maximum atomic E-state index is 14.7. The number of aliphatic hydroxyl groups excluding tert-OH is 1. The fraction of sp³-hybridized carbons (Fsp3) is 0.310. The van der Waals surface area contributed by atoms with E-state index in [4.69, 9.17) is 9.15 Å². The molecule has 4 heterocycles. The summed E-state index contributed by atoms with van der Waals surface area (Å²) in [5.74, 6) is -0.461. The molecule has 3 atom stereocenters. The fourth-order valence-corrected chi connectivity index (χ4v) is 5.45. The van der Waals surface area contributed by atoms with Crippen molar-refractivity contribution in [1.82, 2.24) is 10.3 Å². The number of aryl methyl sites for hydroxylation is 1. The summed E-state index contributed by atoms with van der Waals surface area (Å²) in [6.07, 6.45) is 2.89. The molecule has 39 heavy (non-hydrogen) atoms. The molecule has 1 amide bonds. The van der Waals surface area contributed by atoms with E-state index in [1.54, 1.807) is 12.1 Å². The van der Waals surface area contributed by atoms with Crippen molar-refractivity contribution in [3.63, 3.8) is 0 Å². The van der Waals surface area contributed by atoms with Gasteiger partial charge in [-0.2, -0.15) is 10.2 Å². The molecule has 3 aromatic rings. The minimum Gasteiger partial charge on any atom is -0.495 e. The Labute approximate surface area is 224 Å². The summed E-state index contributed by atoms with van der Waals surface area (Å²) < 4.78 is 26.6. The minimum absolute atomic E-state index is 0.0189. The quantitative estimate of drug-likeness (QED) is 0.422. The number of aliphatic imine (C=N–C) groups is 1. The Morgan fingerprint density at radius 3 is 2.72 bits per heavy atom. The van der Waals surface area contributed by atoms with Crippen LogP contribution in [0.25, 0.3) is 5.70 Å². The highest BCUT2D eigenvalue weighted by molar-refractivity contribution is 5.91. The summed E-state index contributed by atoms with van der Waals surface area (Å²) in [7, 11) is 0. The molecule has 0 radical (unpaired) electrons. The summed E-state index contributed by atoms with van der Waals surface area (Å²) in [4.78, 5) is 21.7.